The number of carbonyl (C=O) groups is 1. The Morgan fingerprint density at radius 1 is 0.710 bits per heavy atom. The molecule has 0 N–H and O–H groups in total. The second-order valence-electron chi connectivity index (χ2n) is 7.00. The number of hydrogen-bond donors (Lipinski definition) is 0. The Bertz CT molecular complexity index is 975. The summed E-state index contributed by atoms with van der Waals surface area (Å²) in [6.45, 7) is 0. The summed E-state index contributed by atoms with van der Waals surface area (Å²) in [4.78, 5) is 13.2. The molecule has 0 aromatic heterocycles. The van der Waals surface area contributed by atoms with Gasteiger partial charge in [-0.15, -0.1) is 0 Å². The predicted molar refractivity (Wildman–Crippen MR) is 129 cm³/mol. The van der Waals surface area contributed by atoms with Crippen LogP contribution in [0.15, 0.2) is 44.4 Å². The molecule has 0 amide bonds. The molecular formula is C24H24Br2O5. The summed E-state index contributed by atoms with van der Waals surface area (Å²) in [5.74, 6) is 2.53. The number of benzene rings is 2. The molecule has 0 bridgehead atoms. The van der Waals surface area contributed by atoms with Gasteiger partial charge in [-0.2, -0.15) is 0 Å². The highest BCUT2D eigenvalue weighted by Gasteiger charge is 2.21. The Morgan fingerprint density at radius 2 is 1.13 bits per heavy atom. The summed E-state index contributed by atoms with van der Waals surface area (Å²) < 4.78 is 23.1. The van der Waals surface area contributed by atoms with Gasteiger partial charge in [-0.25, -0.2) is 0 Å². The summed E-state index contributed by atoms with van der Waals surface area (Å²) in [6.07, 6.45) is 6.22. The summed E-state index contributed by atoms with van der Waals surface area (Å²) in [5, 5.41) is 0. The van der Waals surface area contributed by atoms with E-state index in [4.69, 9.17) is 18.9 Å². The molecule has 0 unspecified atom stereocenters. The van der Waals surface area contributed by atoms with Crippen molar-refractivity contribution in [2.45, 2.75) is 19.3 Å². The molecule has 0 spiro atoms. The molecule has 1 aliphatic carbocycles. The molecule has 2 aromatic rings. The molecule has 0 aliphatic heterocycles. The molecule has 164 valence electrons. The number of ether oxygens (including phenoxy) is 4. The Hall–Kier alpha value is -2.25. The quantitative estimate of drug-likeness (QED) is 0.385. The molecule has 7 heteroatoms. The minimum atomic E-state index is 0.0584. The van der Waals surface area contributed by atoms with Gasteiger partial charge < -0.3 is 18.9 Å². The van der Waals surface area contributed by atoms with E-state index < -0.39 is 0 Å². The topological polar surface area (TPSA) is 54.0 Å². The van der Waals surface area contributed by atoms with Crippen molar-refractivity contribution < 1.29 is 23.7 Å². The zero-order valence-electron chi connectivity index (χ0n) is 17.9. The van der Waals surface area contributed by atoms with Crippen molar-refractivity contribution in [3.05, 3.63) is 55.5 Å². The maximum Gasteiger partial charge on any atom is 0.185 e. The molecule has 1 fully saturated rings. The lowest BCUT2D eigenvalue weighted by Crippen LogP contribution is -2.12. The third kappa shape index (κ3) is 5.15. The van der Waals surface area contributed by atoms with Crippen LogP contribution in [0.5, 0.6) is 23.0 Å². The van der Waals surface area contributed by atoms with E-state index >= 15 is 0 Å². The third-order valence-corrected chi connectivity index (χ3v) is 6.25. The highest BCUT2D eigenvalue weighted by atomic mass is 79.9. The first-order valence-corrected chi connectivity index (χ1v) is 11.3. The van der Waals surface area contributed by atoms with Gasteiger partial charge in [0.1, 0.15) is 0 Å². The first kappa shape index (κ1) is 23.4. The van der Waals surface area contributed by atoms with Crippen molar-refractivity contribution in [2.24, 2.45) is 0 Å². The van der Waals surface area contributed by atoms with Gasteiger partial charge in [0.15, 0.2) is 28.8 Å². The van der Waals surface area contributed by atoms with Gasteiger partial charge in [0, 0.05) is 11.1 Å². The predicted octanol–water partition coefficient (Wildman–Crippen LogP) is 6.47. The van der Waals surface area contributed by atoms with Crippen LogP contribution in [0.4, 0.5) is 0 Å². The minimum Gasteiger partial charge on any atom is -0.493 e. The van der Waals surface area contributed by atoms with Crippen LogP contribution in [0.2, 0.25) is 0 Å². The van der Waals surface area contributed by atoms with Crippen molar-refractivity contribution in [1.29, 1.82) is 0 Å². The van der Waals surface area contributed by atoms with E-state index in [0.717, 1.165) is 50.5 Å². The van der Waals surface area contributed by atoms with Crippen molar-refractivity contribution in [3.8, 4) is 23.0 Å². The van der Waals surface area contributed by atoms with Gasteiger partial charge >= 0.3 is 0 Å². The monoisotopic (exact) mass is 550 g/mol. The Kier molecular flexibility index (Phi) is 7.84. The number of carbonyl (C=O) groups excluding carboxylic acids is 1. The van der Waals surface area contributed by atoms with Crippen LogP contribution in [-0.2, 0) is 4.79 Å². The maximum atomic E-state index is 13.2. The third-order valence-electron chi connectivity index (χ3n) is 5.07. The van der Waals surface area contributed by atoms with Crippen LogP contribution < -0.4 is 18.9 Å². The van der Waals surface area contributed by atoms with E-state index in [9.17, 15) is 4.79 Å². The molecule has 5 nitrogen and oxygen atoms in total. The standard InChI is InChI=1S/C24H24Br2O5/c1-28-20-12-14(10-18(25)23(20)30-3)8-16-6-5-7-17(22(16)27)9-15-11-19(26)24(31-4)21(13-15)29-2/h8-13H,5-7H2,1-4H3. The first-order chi connectivity index (χ1) is 14.9. The second kappa shape index (κ2) is 10.4. The smallest absolute Gasteiger partial charge is 0.185 e. The average Bonchev–Trinajstić information content (AvgIpc) is 2.75. The number of ketones is 1. The minimum absolute atomic E-state index is 0.0584. The number of methoxy groups -OCH3 is 4. The fourth-order valence-electron chi connectivity index (χ4n) is 3.62. The summed E-state index contributed by atoms with van der Waals surface area (Å²) in [5.41, 5.74) is 3.30. The normalized spacial score (nSPS) is 16.5. The second-order valence-corrected chi connectivity index (χ2v) is 8.71. The van der Waals surface area contributed by atoms with Crippen LogP contribution >= 0.6 is 31.9 Å². The van der Waals surface area contributed by atoms with Gasteiger partial charge in [0.2, 0.25) is 0 Å². The van der Waals surface area contributed by atoms with Crippen molar-refractivity contribution in [2.75, 3.05) is 28.4 Å². The largest absolute Gasteiger partial charge is 0.493 e. The molecule has 1 saturated carbocycles. The number of allylic oxidation sites excluding steroid dienone is 2. The first-order valence-electron chi connectivity index (χ1n) is 9.70. The zero-order chi connectivity index (χ0) is 22.5. The Balaban J connectivity index is 1.95. The molecule has 31 heavy (non-hydrogen) atoms. The van der Waals surface area contributed by atoms with E-state index in [1.807, 2.05) is 36.4 Å². The van der Waals surface area contributed by atoms with E-state index in [-0.39, 0.29) is 5.78 Å². The van der Waals surface area contributed by atoms with Gasteiger partial charge in [0.05, 0.1) is 37.4 Å². The van der Waals surface area contributed by atoms with E-state index in [0.29, 0.717) is 23.0 Å². The molecule has 0 saturated heterocycles. The van der Waals surface area contributed by atoms with Crippen molar-refractivity contribution in [3.63, 3.8) is 0 Å². The van der Waals surface area contributed by atoms with Crippen LogP contribution in [0.1, 0.15) is 30.4 Å². The SMILES string of the molecule is COc1cc(C=C2CCCC(=Cc3cc(Br)c(OC)c(OC)c3)C2=O)cc(Br)c1OC. The molecule has 1 aliphatic rings. The average molecular weight is 552 g/mol. The number of rotatable bonds is 6. The van der Waals surface area contributed by atoms with Crippen LogP contribution in [0.3, 0.4) is 0 Å². The number of halogens is 2. The fraction of sp³-hybridized carbons (Fsp3) is 0.292. The van der Waals surface area contributed by atoms with Crippen molar-refractivity contribution >= 4 is 49.8 Å². The number of Topliss-reactive ketones (excluding diaryl/α,β-unsaturated/α-hetero) is 1. The van der Waals surface area contributed by atoms with E-state index in [1.165, 1.54) is 0 Å². The molecule has 0 radical (unpaired) electrons. The molecule has 2 aromatic carbocycles. The summed E-state index contributed by atoms with van der Waals surface area (Å²) in [7, 11) is 6.37. The van der Waals surface area contributed by atoms with Crippen LogP contribution in [-0.4, -0.2) is 34.2 Å². The Morgan fingerprint density at radius 3 is 1.48 bits per heavy atom. The molecular weight excluding hydrogens is 528 g/mol. The van der Waals surface area contributed by atoms with Gasteiger partial charge in [-0.1, -0.05) is 0 Å². The highest BCUT2D eigenvalue weighted by molar-refractivity contribution is 9.11. The van der Waals surface area contributed by atoms with Gasteiger partial charge in [0.25, 0.3) is 0 Å². The molecule has 3 rings (SSSR count). The molecule has 0 atom stereocenters. The zero-order valence-corrected chi connectivity index (χ0v) is 21.1. The van der Waals surface area contributed by atoms with E-state index in [2.05, 4.69) is 31.9 Å². The lowest BCUT2D eigenvalue weighted by atomic mass is 9.87. The lowest BCUT2D eigenvalue weighted by molar-refractivity contribution is -0.112. The van der Waals surface area contributed by atoms with Gasteiger partial charge in [-0.05, 0) is 98.7 Å². The van der Waals surface area contributed by atoms with Crippen molar-refractivity contribution in [1.82, 2.24) is 0 Å². The lowest BCUT2D eigenvalue weighted by Gasteiger charge is -2.18. The fourth-order valence-corrected chi connectivity index (χ4v) is 4.87. The van der Waals surface area contributed by atoms with Crippen LogP contribution in [0.25, 0.3) is 12.2 Å². The highest BCUT2D eigenvalue weighted by Crippen LogP contribution is 2.39. The summed E-state index contributed by atoms with van der Waals surface area (Å²) in [6, 6.07) is 7.58. The molecule has 0 heterocycles. The Labute approximate surface area is 199 Å². The van der Waals surface area contributed by atoms with Gasteiger partial charge in [-0.3, -0.25) is 4.79 Å². The summed E-state index contributed by atoms with van der Waals surface area (Å²) >= 11 is 7.02. The number of hydrogen-bond acceptors (Lipinski definition) is 5. The van der Waals surface area contributed by atoms with Crippen LogP contribution in [0, 0.1) is 0 Å². The maximum absolute atomic E-state index is 13.2. The van der Waals surface area contributed by atoms with E-state index in [1.54, 1.807) is 28.4 Å².